The van der Waals surface area contributed by atoms with E-state index in [1.807, 2.05) is 0 Å². The Labute approximate surface area is 182 Å². The SMILES string of the molecule is O=C(Nc1cccc(NC(=O)c2cnc3[nH]c(=O)[nH]c(=O)c3c2)c1)c1ccc(Br)cc1. The number of aromatic nitrogens is 3. The summed E-state index contributed by atoms with van der Waals surface area (Å²) in [5, 5.41) is 5.55. The second-order valence-corrected chi connectivity index (χ2v) is 7.44. The molecule has 0 aliphatic carbocycles. The van der Waals surface area contributed by atoms with Gasteiger partial charge >= 0.3 is 5.69 Å². The average Bonchev–Trinajstić information content (AvgIpc) is 2.74. The molecule has 2 aromatic carbocycles. The van der Waals surface area contributed by atoms with Crippen molar-refractivity contribution in [3.63, 3.8) is 0 Å². The average molecular weight is 480 g/mol. The zero-order chi connectivity index (χ0) is 22.0. The molecule has 4 rings (SSSR count). The van der Waals surface area contributed by atoms with Gasteiger partial charge in [0.1, 0.15) is 5.65 Å². The van der Waals surface area contributed by atoms with E-state index in [4.69, 9.17) is 0 Å². The number of anilines is 2. The predicted octanol–water partition coefficient (Wildman–Crippen LogP) is 2.88. The molecule has 31 heavy (non-hydrogen) atoms. The van der Waals surface area contributed by atoms with Crippen LogP contribution in [0.3, 0.4) is 0 Å². The zero-order valence-electron chi connectivity index (χ0n) is 15.7. The largest absolute Gasteiger partial charge is 0.327 e. The number of amides is 2. The molecule has 2 amide bonds. The molecule has 0 bridgehead atoms. The van der Waals surface area contributed by atoms with Gasteiger partial charge in [-0.2, -0.15) is 0 Å². The van der Waals surface area contributed by atoms with Crippen LogP contribution in [0, 0.1) is 0 Å². The second-order valence-electron chi connectivity index (χ2n) is 6.52. The molecule has 0 unspecified atom stereocenters. The third-order valence-electron chi connectivity index (χ3n) is 4.34. The number of H-pyrrole nitrogens is 2. The van der Waals surface area contributed by atoms with Crippen molar-refractivity contribution in [2.45, 2.75) is 0 Å². The predicted molar refractivity (Wildman–Crippen MR) is 119 cm³/mol. The Hall–Kier alpha value is -4.05. The number of nitrogens with zero attached hydrogens (tertiary/aromatic N) is 1. The van der Waals surface area contributed by atoms with Gasteiger partial charge < -0.3 is 10.6 Å². The molecular weight excluding hydrogens is 466 g/mol. The van der Waals surface area contributed by atoms with E-state index in [1.54, 1.807) is 48.5 Å². The lowest BCUT2D eigenvalue weighted by Crippen LogP contribution is -2.23. The lowest BCUT2D eigenvalue weighted by atomic mass is 10.2. The number of fused-ring (bicyclic) bond motifs is 1. The Bertz CT molecular complexity index is 1430. The molecule has 10 heteroatoms. The van der Waals surface area contributed by atoms with Crippen molar-refractivity contribution >= 4 is 50.2 Å². The molecule has 0 aliphatic rings. The highest BCUT2D eigenvalue weighted by molar-refractivity contribution is 9.10. The number of benzene rings is 2. The van der Waals surface area contributed by atoms with Crippen molar-refractivity contribution in [1.82, 2.24) is 15.0 Å². The van der Waals surface area contributed by atoms with Gasteiger partial charge in [-0.25, -0.2) is 9.78 Å². The Morgan fingerprint density at radius 1 is 0.839 bits per heavy atom. The number of halogens is 1. The van der Waals surface area contributed by atoms with E-state index in [0.717, 1.165) is 4.47 Å². The Balaban J connectivity index is 1.52. The van der Waals surface area contributed by atoms with Crippen LogP contribution in [0.25, 0.3) is 11.0 Å². The number of hydrogen-bond donors (Lipinski definition) is 4. The van der Waals surface area contributed by atoms with Crippen molar-refractivity contribution < 1.29 is 9.59 Å². The van der Waals surface area contributed by atoms with Crippen molar-refractivity contribution in [2.75, 3.05) is 10.6 Å². The number of nitrogens with one attached hydrogen (secondary N) is 4. The lowest BCUT2D eigenvalue weighted by molar-refractivity contribution is 0.101. The van der Waals surface area contributed by atoms with Gasteiger partial charge in [-0.1, -0.05) is 22.0 Å². The van der Waals surface area contributed by atoms with Crippen LogP contribution >= 0.6 is 15.9 Å². The maximum atomic E-state index is 12.6. The molecule has 0 spiro atoms. The van der Waals surface area contributed by atoms with Gasteiger partial charge in [0, 0.05) is 27.6 Å². The molecular formula is C21H14BrN5O4. The minimum atomic E-state index is -0.677. The summed E-state index contributed by atoms with van der Waals surface area (Å²) < 4.78 is 0.866. The number of carbonyl (C=O) groups excluding carboxylic acids is 2. The summed E-state index contributed by atoms with van der Waals surface area (Å²) in [5.41, 5.74) is 0.327. The van der Waals surface area contributed by atoms with E-state index in [9.17, 15) is 19.2 Å². The second kappa shape index (κ2) is 8.36. The molecule has 154 valence electrons. The third kappa shape index (κ3) is 4.59. The van der Waals surface area contributed by atoms with Crippen LogP contribution in [0.5, 0.6) is 0 Å². The van der Waals surface area contributed by atoms with Crippen molar-refractivity contribution in [2.24, 2.45) is 0 Å². The molecule has 2 heterocycles. The summed E-state index contributed by atoms with van der Waals surface area (Å²) >= 11 is 3.32. The van der Waals surface area contributed by atoms with E-state index in [0.29, 0.717) is 16.9 Å². The third-order valence-corrected chi connectivity index (χ3v) is 4.87. The normalized spacial score (nSPS) is 10.6. The highest BCUT2D eigenvalue weighted by Gasteiger charge is 2.11. The standard InChI is InChI=1S/C21H14BrN5O4/c22-13-6-4-11(5-7-13)18(28)24-14-2-1-3-15(9-14)25-19(29)12-8-16-17(23-10-12)26-21(31)27-20(16)30/h1-10H,(H,24,28)(H,25,29)(H2,23,26,27,30,31). The first kappa shape index (κ1) is 20.2. The van der Waals surface area contributed by atoms with Crippen LogP contribution in [0.15, 0.2) is 74.9 Å². The first-order valence-electron chi connectivity index (χ1n) is 9.00. The fourth-order valence-corrected chi connectivity index (χ4v) is 3.12. The summed E-state index contributed by atoms with van der Waals surface area (Å²) in [6.45, 7) is 0. The molecule has 4 N–H and O–H groups in total. The first-order valence-corrected chi connectivity index (χ1v) is 9.79. The fraction of sp³-hybridized carbons (Fsp3) is 0. The summed E-state index contributed by atoms with van der Waals surface area (Å²) in [6, 6.07) is 14.9. The summed E-state index contributed by atoms with van der Waals surface area (Å²) in [6.07, 6.45) is 1.26. The van der Waals surface area contributed by atoms with Gasteiger partial charge in [0.2, 0.25) is 0 Å². The zero-order valence-corrected chi connectivity index (χ0v) is 17.3. The number of carbonyl (C=O) groups is 2. The van der Waals surface area contributed by atoms with Crippen molar-refractivity contribution in [1.29, 1.82) is 0 Å². The number of pyridine rings is 1. The Kier molecular flexibility index (Phi) is 5.46. The molecule has 0 saturated carbocycles. The van der Waals surface area contributed by atoms with Gasteiger partial charge in [0.05, 0.1) is 10.9 Å². The Morgan fingerprint density at radius 2 is 1.48 bits per heavy atom. The minimum Gasteiger partial charge on any atom is -0.322 e. The van der Waals surface area contributed by atoms with E-state index in [1.165, 1.54) is 12.3 Å². The molecule has 0 fully saturated rings. The van der Waals surface area contributed by atoms with Gasteiger partial charge in [0.25, 0.3) is 17.4 Å². The molecule has 0 radical (unpaired) electrons. The molecule has 9 nitrogen and oxygen atoms in total. The number of rotatable bonds is 4. The van der Waals surface area contributed by atoms with E-state index in [-0.39, 0.29) is 22.5 Å². The monoisotopic (exact) mass is 479 g/mol. The van der Waals surface area contributed by atoms with Gasteiger partial charge in [-0.15, -0.1) is 0 Å². The van der Waals surface area contributed by atoms with Gasteiger partial charge in [0.15, 0.2) is 0 Å². The Morgan fingerprint density at radius 3 is 2.16 bits per heavy atom. The number of aromatic amines is 2. The van der Waals surface area contributed by atoms with E-state index >= 15 is 0 Å². The topological polar surface area (TPSA) is 137 Å². The van der Waals surface area contributed by atoms with Crippen molar-refractivity contribution in [3.8, 4) is 0 Å². The van der Waals surface area contributed by atoms with Crippen LogP contribution < -0.4 is 21.9 Å². The van der Waals surface area contributed by atoms with Crippen molar-refractivity contribution in [3.05, 3.63) is 97.2 Å². The highest BCUT2D eigenvalue weighted by Crippen LogP contribution is 2.18. The van der Waals surface area contributed by atoms with Crippen LogP contribution in [0.4, 0.5) is 11.4 Å². The summed E-state index contributed by atoms with van der Waals surface area (Å²) in [4.78, 5) is 56.7. The molecule has 0 aliphatic heterocycles. The smallest absolute Gasteiger partial charge is 0.322 e. The summed E-state index contributed by atoms with van der Waals surface area (Å²) in [7, 11) is 0. The van der Waals surface area contributed by atoms with Gasteiger partial charge in [-0.05, 0) is 48.5 Å². The maximum Gasteiger partial charge on any atom is 0.327 e. The quantitative estimate of drug-likeness (QED) is 0.356. The highest BCUT2D eigenvalue weighted by atomic mass is 79.9. The van der Waals surface area contributed by atoms with Crippen LogP contribution in [0.2, 0.25) is 0 Å². The maximum absolute atomic E-state index is 12.6. The lowest BCUT2D eigenvalue weighted by Gasteiger charge is -2.09. The summed E-state index contributed by atoms with van der Waals surface area (Å²) in [5.74, 6) is -0.792. The van der Waals surface area contributed by atoms with Crippen LogP contribution in [-0.2, 0) is 0 Å². The molecule has 2 aromatic heterocycles. The molecule has 0 atom stereocenters. The number of hydrogen-bond acceptors (Lipinski definition) is 5. The van der Waals surface area contributed by atoms with E-state index < -0.39 is 17.2 Å². The van der Waals surface area contributed by atoms with Gasteiger partial charge in [-0.3, -0.25) is 24.4 Å². The van der Waals surface area contributed by atoms with Crippen LogP contribution in [-0.4, -0.2) is 26.8 Å². The fourth-order valence-electron chi connectivity index (χ4n) is 2.85. The van der Waals surface area contributed by atoms with E-state index in [2.05, 4.69) is 41.5 Å². The minimum absolute atomic E-state index is 0.0859. The molecule has 4 aromatic rings. The molecule has 0 saturated heterocycles. The first-order chi connectivity index (χ1) is 14.9. The van der Waals surface area contributed by atoms with Crippen LogP contribution in [0.1, 0.15) is 20.7 Å².